The van der Waals surface area contributed by atoms with E-state index in [1.807, 2.05) is 6.07 Å². The SMILES string of the molecule is CC[C@@H]1c2ccccc2-c2ccc(C(C)=O)cc21. The van der Waals surface area contributed by atoms with Crippen molar-refractivity contribution in [3.63, 3.8) is 0 Å². The Balaban J connectivity index is 2.24. The molecule has 0 fully saturated rings. The molecule has 0 bridgehead atoms. The normalized spacial score (nSPS) is 16.2. The van der Waals surface area contributed by atoms with Crippen LogP contribution in [0.5, 0.6) is 0 Å². The second-order valence-electron chi connectivity index (χ2n) is 4.91. The molecule has 0 saturated heterocycles. The van der Waals surface area contributed by atoms with Crippen LogP contribution in [0.15, 0.2) is 42.5 Å². The predicted octanol–water partition coefficient (Wildman–Crippen LogP) is 4.41. The number of Topliss-reactive ketones (excluding diaryl/α,β-unsaturated/α-hetero) is 1. The number of hydrogen-bond acceptors (Lipinski definition) is 1. The van der Waals surface area contributed by atoms with Crippen LogP contribution in [0.2, 0.25) is 0 Å². The first kappa shape index (κ1) is 11.2. The first-order valence-corrected chi connectivity index (χ1v) is 6.46. The first-order valence-electron chi connectivity index (χ1n) is 6.46. The lowest BCUT2D eigenvalue weighted by Gasteiger charge is -2.10. The molecule has 1 aliphatic rings. The molecule has 0 spiro atoms. The molecule has 3 rings (SSSR count). The monoisotopic (exact) mass is 236 g/mol. The second kappa shape index (κ2) is 4.09. The van der Waals surface area contributed by atoms with Gasteiger partial charge in [0.15, 0.2) is 5.78 Å². The maximum absolute atomic E-state index is 11.5. The first-order chi connectivity index (χ1) is 8.72. The Hall–Kier alpha value is -1.89. The molecule has 0 amide bonds. The van der Waals surface area contributed by atoms with Gasteiger partial charge in [-0.05, 0) is 41.7 Å². The zero-order valence-corrected chi connectivity index (χ0v) is 10.7. The van der Waals surface area contributed by atoms with Gasteiger partial charge < -0.3 is 0 Å². The number of carbonyl (C=O) groups excluding carboxylic acids is 1. The van der Waals surface area contributed by atoms with Crippen LogP contribution in [0.4, 0.5) is 0 Å². The highest BCUT2D eigenvalue weighted by Crippen LogP contribution is 2.46. The van der Waals surface area contributed by atoms with E-state index in [9.17, 15) is 4.79 Å². The number of carbonyl (C=O) groups is 1. The molecule has 0 heterocycles. The third-order valence-corrected chi connectivity index (χ3v) is 3.87. The molecule has 1 heteroatoms. The van der Waals surface area contributed by atoms with Crippen LogP contribution in [0.3, 0.4) is 0 Å². The van der Waals surface area contributed by atoms with Crippen LogP contribution in [0, 0.1) is 0 Å². The summed E-state index contributed by atoms with van der Waals surface area (Å²) in [6, 6.07) is 14.7. The topological polar surface area (TPSA) is 17.1 Å². The molecule has 0 aromatic heterocycles. The molecule has 1 aliphatic carbocycles. The Morgan fingerprint density at radius 2 is 1.78 bits per heavy atom. The van der Waals surface area contributed by atoms with Crippen LogP contribution in [0.25, 0.3) is 11.1 Å². The van der Waals surface area contributed by atoms with Crippen molar-refractivity contribution in [1.82, 2.24) is 0 Å². The summed E-state index contributed by atoms with van der Waals surface area (Å²) in [7, 11) is 0. The zero-order chi connectivity index (χ0) is 12.7. The van der Waals surface area contributed by atoms with E-state index in [-0.39, 0.29) is 5.78 Å². The summed E-state index contributed by atoms with van der Waals surface area (Å²) in [4.78, 5) is 11.5. The molecule has 2 aromatic rings. The fourth-order valence-corrected chi connectivity index (χ4v) is 2.97. The summed E-state index contributed by atoms with van der Waals surface area (Å²) in [6.07, 6.45) is 1.07. The third-order valence-electron chi connectivity index (χ3n) is 3.87. The molecule has 1 atom stereocenters. The van der Waals surface area contributed by atoms with Crippen molar-refractivity contribution in [1.29, 1.82) is 0 Å². The molecular weight excluding hydrogens is 220 g/mol. The minimum atomic E-state index is 0.142. The zero-order valence-electron chi connectivity index (χ0n) is 10.7. The van der Waals surface area contributed by atoms with Gasteiger partial charge in [0.25, 0.3) is 0 Å². The quantitative estimate of drug-likeness (QED) is 0.706. The predicted molar refractivity (Wildman–Crippen MR) is 74.0 cm³/mol. The lowest BCUT2D eigenvalue weighted by Crippen LogP contribution is -1.97. The van der Waals surface area contributed by atoms with Gasteiger partial charge in [-0.15, -0.1) is 0 Å². The summed E-state index contributed by atoms with van der Waals surface area (Å²) in [5.74, 6) is 0.583. The average molecular weight is 236 g/mol. The Kier molecular flexibility index (Phi) is 2.55. The minimum Gasteiger partial charge on any atom is -0.295 e. The number of fused-ring (bicyclic) bond motifs is 3. The van der Waals surface area contributed by atoms with Crippen molar-refractivity contribution in [2.45, 2.75) is 26.2 Å². The van der Waals surface area contributed by atoms with Gasteiger partial charge in [0.05, 0.1) is 0 Å². The van der Waals surface area contributed by atoms with Crippen LogP contribution < -0.4 is 0 Å². The van der Waals surface area contributed by atoms with Crippen LogP contribution >= 0.6 is 0 Å². The molecular formula is C17H16O. The van der Waals surface area contributed by atoms with E-state index in [2.05, 4.69) is 43.3 Å². The highest BCUT2D eigenvalue weighted by molar-refractivity contribution is 5.95. The maximum Gasteiger partial charge on any atom is 0.159 e. The maximum atomic E-state index is 11.5. The summed E-state index contributed by atoms with van der Waals surface area (Å²) in [5.41, 5.74) is 6.15. The van der Waals surface area contributed by atoms with Crippen LogP contribution in [-0.4, -0.2) is 5.78 Å². The van der Waals surface area contributed by atoms with E-state index >= 15 is 0 Å². The Morgan fingerprint density at radius 3 is 2.50 bits per heavy atom. The summed E-state index contributed by atoms with van der Waals surface area (Å²) in [6.45, 7) is 3.84. The van der Waals surface area contributed by atoms with Crippen molar-refractivity contribution in [3.05, 3.63) is 59.2 Å². The lowest BCUT2D eigenvalue weighted by atomic mass is 9.93. The molecule has 0 radical (unpaired) electrons. The fourth-order valence-electron chi connectivity index (χ4n) is 2.97. The van der Waals surface area contributed by atoms with Crippen LogP contribution in [0.1, 0.15) is 47.7 Å². The molecule has 2 aromatic carbocycles. The highest BCUT2D eigenvalue weighted by Gasteiger charge is 2.27. The van der Waals surface area contributed by atoms with Crippen molar-refractivity contribution in [2.75, 3.05) is 0 Å². The van der Waals surface area contributed by atoms with Crippen molar-refractivity contribution in [3.8, 4) is 11.1 Å². The Morgan fingerprint density at radius 1 is 1.06 bits per heavy atom. The van der Waals surface area contributed by atoms with Crippen molar-refractivity contribution < 1.29 is 4.79 Å². The minimum absolute atomic E-state index is 0.142. The van der Waals surface area contributed by atoms with Crippen molar-refractivity contribution in [2.24, 2.45) is 0 Å². The molecule has 90 valence electrons. The van der Waals surface area contributed by atoms with Gasteiger partial charge in [-0.25, -0.2) is 0 Å². The van der Waals surface area contributed by atoms with E-state index in [1.54, 1.807) is 6.92 Å². The largest absolute Gasteiger partial charge is 0.295 e. The fraction of sp³-hybridized carbons (Fsp3) is 0.235. The number of benzene rings is 2. The van der Waals surface area contributed by atoms with Gasteiger partial charge in [0.2, 0.25) is 0 Å². The van der Waals surface area contributed by atoms with Gasteiger partial charge >= 0.3 is 0 Å². The van der Waals surface area contributed by atoms with Gasteiger partial charge in [-0.1, -0.05) is 43.3 Å². The number of rotatable bonds is 2. The Bertz CT molecular complexity index is 625. The number of ketones is 1. The Labute approximate surface area is 107 Å². The van der Waals surface area contributed by atoms with E-state index in [4.69, 9.17) is 0 Å². The summed E-state index contributed by atoms with van der Waals surface area (Å²) in [5, 5.41) is 0. The molecule has 18 heavy (non-hydrogen) atoms. The van der Waals surface area contributed by atoms with Crippen molar-refractivity contribution >= 4 is 5.78 Å². The highest BCUT2D eigenvalue weighted by atomic mass is 16.1. The smallest absolute Gasteiger partial charge is 0.159 e. The number of hydrogen-bond donors (Lipinski definition) is 0. The summed E-state index contributed by atoms with van der Waals surface area (Å²) >= 11 is 0. The lowest BCUT2D eigenvalue weighted by molar-refractivity contribution is 0.101. The third kappa shape index (κ3) is 1.51. The van der Waals surface area contributed by atoms with E-state index in [1.165, 1.54) is 22.3 Å². The molecule has 0 N–H and O–H groups in total. The molecule has 1 nitrogen and oxygen atoms in total. The second-order valence-corrected chi connectivity index (χ2v) is 4.91. The van der Waals surface area contributed by atoms with E-state index < -0.39 is 0 Å². The van der Waals surface area contributed by atoms with Gasteiger partial charge in [-0.3, -0.25) is 4.79 Å². The molecule has 0 saturated carbocycles. The molecule has 0 unspecified atom stereocenters. The average Bonchev–Trinajstić information content (AvgIpc) is 2.71. The van der Waals surface area contributed by atoms with E-state index in [0.717, 1.165) is 12.0 Å². The van der Waals surface area contributed by atoms with Crippen LogP contribution in [-0.2, 0) is 0 Å². The van der Waals surface area contributed by atoms with Gasteiger partial charge in [-0.2, -0.15) is 0 Å². The standard InChI is InChI=1S/C17H16O/c1-3-13-14-6-4-5-7-15(14)16-9-8-12(11(2)18)10-17(13)16/h4-10,13H,3H2,1-2H3/t13-/m1/s1. The van der Waals surface area contributed by atoms with Gasteiger partial charge in [0.1, 0.15) is 0 Å². The summed E-state index contributed by atoms with van der Waals surface area (Å²) < 4.78 is 0. The van der Waals surface area contributed by atoms with E-state index in [0.29, 0.717) is 5.92 Å². The molecule has 0 aliphatic heterocycles. The van der Waals surface area contributed by atoms with Gasteiger partial charge in [0, 0.05) is 11.5 Å².